The number of unbranched alkanes of at least 4 members (excludes halogenated alkanes) is 1. The Kier molecular flexibility index (Phi) is 5.41. The summed E-state index contributed by atoms with van der Waals surface area (Å²) in [5.41, 5.74) is 0.471. The van der Waals surface area contributed by atoms with Crippen LogP contribution in [0.3, 0.4) is 0 Å². The first-order valence-corrected chi connectivity index (χ1v) is 5.70. The molecule has 0 aromatic heterocycles. The Hall–Kier alpha value is 0.480. The number of hydrogen-bond acceptors (Lipinski definition) is 0. The standard InChI is InChI=1S/C10H21Br/c1-5-6-7-9(8-11)10(2,3)4/h9H,5-8H2,1-4H3. The van der Waals surface area contributed by atoms with E-state index in [1.807, 2.05) is 0 Å². The minimum absolute atomic E-state index is 0.471. The number of halogens is 1. The fraction of sp³-hybridized carbons (Fsp3) is 1.00. The molecule has 0 bridgehead atoms. The third-order valence-corrected chi connectivity index (χ3v) is 3.10. The second-order valence-electron chi connectivity index (χ2n) is 4.36. The van der Waals surface area contributed by atoms with Crippen molar-refractivity contribution in [3.63, 3.8) is 0 Å². The van der Waals surface area contributed by atoms with Gasteiger partial charge < -0.3 is 0 Å². The van der Waals surface area contributed by atoms with Crippen molar-refractivity contribution in [2.24, 2.45) is 11.3 Å². The molecule has 0 spiro atoms. The average molecular weight is 221 g/mol. The summed E-state index contributed by atoms with van der Waals surface area (Å²) in [5, 5.41) is 1.15. The molecular weight excluding hydrogens is 200 g/mol. The van der Waals surface area contributed by atoms with Crippen molar-refractivity contribution in [3.05, 3.63) is 0 Å². The van der Waals surface area contributed by atoms with E-state index in [1.54, 1.807) is 0 Å². The van der Waals surface area contributed by atoms with Crippen LogP contribution in [0.5, 0.6) is 0 Å². The Bertz CT molecular complexity index is 91.5. The number of hydrogen-bond donors (Lipinski definition) is 0. The molecule has 11 heavy (non-hydrogen) atoms. The first-order valence-electron chi connectivity index (χ1n) is 4.58. The smallest absolute Gasteiger partial charge is 0.00646 e. The molecule has 0 radical (unpaired) electrons. The molecule has 0 heterocycles. The zero-order chi connectivity index (χ0) is 8.91. The molecule has 0 nitrogen and oxygen atoms in total. The molecule has 1 heteroatoms. The van der Waals surface area contributed by atoms with Crippen LogP contribution in [0.25, 0.3) is 0 Å². The van der Waals surface area contributed by atoms with E-state index < -0.39 is 0 Å². The van der Waals surface area contributed by atoms with Crippen molar-refractivity contribution in [2.75, 3.05) is 5.33 Å². The van der Waals surface area contributed by atoms with E-state index >= 15 is 0 Å². The van der Waals surface area contributed by atoms with E-state index in [2.05, 4.69) is 43.6 Å². The van der Waals surface area contributed by atoms with Crippen LogP contribution in [0.15, 0.2) is 0 Å². The SMILES string of the molecule is CCCCC(CBr)C(C)(C)C. The molecule has 68 valence electrons. The van der Waals surface area contributed by atoms with Gasteiger partial charge in [0.25, 0.3) is 0 Å². The average Bonchev–Trinajstić information content (AvgIpc) is 1.87. The van der Waals surface area contributed by atoms with Gasteiger partial charge in [0.2, 0.25) is 0 Å². The molecule has 1 atom stereocenters. The topological polar surface area (TPSA) is 0 Å². The van der Waals surface area contributed by atoms with Gasteiger partial charge in [0.05, 0.1) is 0 Å². The molecule has 1 unspecified atom stereocenters. The van der Waals surface area contributed by atoms with Crippen molar-refractivity contribution in [3.8, 4) is 0 Å². The highest BCUT2D eigenvalue weighted by molar-refractivity contribution is 9.09. The summed E-state index contributed by atoms with van der Waals surface area (Å²) in [6, 6.07) is 0. The monoisotopic (exact) mass is 220 g/mol. The minimum atomic E-state index is 0.471. The van der Waals surface area contributed by atoms with Crippen molar-refractivity contribution in [1.29, 1.82) is 0 Å². The molecular formula is C10H21Br. The van der Waals surface area contributed by atoms with Gasteiger partial charge in [0.15, 0.2) is 0 Å². The fourth-order valence-electron chi connectivity index (χ4n) is 1.19. The fourth-order valence-corrected chi connectivity index (χ4v) is 2.49. The van der Waals surface area contributed by atoms with Crippen LogP contribution in [0.1, 0.15) is 47.0 Å². The molecule has 0 saturated heterocycles. The summed E-state index contributed by atoms with van der Waals surface area (Å²) >= 11 is 3.58. The van der Waals surface area contributed by atoms with Gasteiger partial charge in [-0.25, -0.2) is 0 Å². The normalized spacial score (nSPS) is 15.0. The largest absolute Gasteiger partial charge is 0.0925 e. The van der Waals surface area contributed by atoms with Crippen LogP contribution in [0.2, 0.25) is 0 Å². The first-order chi connectivity index (χ1) is 5.02. The van der Waals surface area contributed by atoms with E-state index in [0.717, 1.165) is 11.2 Å². The van der Waals surface area contributed by atoms with Gasteiger partial charge >= 0.3 is 0 Å². The maximum atomic E-state index is 3.58. The van der Waals surface area contributed by atoms with Crippen LogP contribution in [-0.4, -0.2) is 5.33 Å². The maximum absolute atomic E-state index is 3.58. The van der Waals surface area contributed by atoms with Crippen LogP contribution in [0, 0.1) is 11.3 Å². The molecule has 0 aromatic carbocycles. The van der Waals surface area contributed by atoms with Crippen LogP contribution >= 0.6 is 15.9 Å². The molecule has 0 aromatic rings. The summed E-state index contributed by atoms with van der Waals surface area (Å²) < 4.78 is 0. The van der Waals surface area contributed by atoms with Crippen molar-refractivity contribution >= 4 is 15.9 Å². The predicted octanol–water partition coefficient (Wildman–Crippen LogP) is 4.23. The Morgan fingerprint density at radius 3 is 2.09 bits per heavy atom. The highest BCUT2D eigenvalue weighted by atomic mass is 79.9. The lowest BCUT2D eigenvalue weighted by molar-refractivity contribution is 0.249. The van der Waals surface area contributed by atoms with Gasteiger partial charge in [-0.2, -0.15) is 0 Å². The Labute approximate surface area is 79.9 Å². The summed E-state index contributed by atoms with van der Waals surface area (Å²) in [6.45, 7) is 9.24. The summed E-state index contributed by atoms with van der Waals surface area (Å²) in [4.78, 5) is 0. The first kappa shape index (κ1) is 11.5. The highest BCUT2D eigenvalue weighted by Gasteiger charge is 2.22. The van der Waals surface area contributed by atoms with Crippen molar-refractivity contribution in [2.45, 2.75) is 47.0 Å². The zero-order valence-electron chi connectivity index (χ0n) is 8.28. The molecule has 0 N–H and O–H groups in total. The van der Waals surface area contributed by atoms with Gasteiger partial charge in [-0.1, -0.05) is 56.5 Å². The Morgan fingerprint density at radius 2 is 1.82 bits per heavy atom. The summed E-state index contributed by atoms with van der Waals surface area (Å²) in [5.74, 6) is 0.836. The molecule has 0 aliphatic carbocycles. The van der Waals surface area contributed by atoms with Gasteiger partial charge in [0, 0.05) is 5.33 Å². The lowest BCUT2D eigenvalue weighted by atomic mass is 9.79. The third kappa shape index (κ3) is 4.84. The number of alkyl halides is 1. The second-order valence-corrected chi connectivity index (χ2v) is 5.01. The quantitative estimate of drug-likeness (QED) is 0.623. The van der Waals surface area contributed by atoms with Crippen molar-refractivity contribution < 1.29 is 0 Å². The zero-order valence-corrected chi connectivity index (χ0v) is 9.87. The van der Waals surface area contributed by atoms with Gasteiger partial charge in [-0.05, 0) is 17.8 Å². The molecule has 0 fully saturated rings. The predicted molar refractivity (Wildman–Crippen MR) is 56.3 cm³/mol. The molecule has 0 saturated carbocycles. The highest BCUT2D eigenvalue weighted by Crippen LogP contribution is 2.31. The minimum Gasteiger partial charge on any atom is -0.0925 e. The molecule has 0 aliphatic rings. The lowest BCUT2D eigenvalue weighted by Crippen LogP contribution is -2.21. The third-order valence-electron chi connectivity index (χ3n) is 2.32. The Morgan fingerprint density at radius 1 is 1.27 bits per heavy atom. The van der Waals surface area contributed by atoms with E-state index in [4.69, 9.17) is 0 Å². The summed E-state index contributed by atoms with van der Waals surface area (Å²) in [7, 11) is 0. The van der Waals surface area contributed by atoms with E-state index in [9.17, 15) is 0 Å². The van der Waals surface area contributed by atoms with E-state index in [0.29, 0.717) is 5.41 Å². The van der Waals surface area contributed by atoms with Gasteiger partial charge in [-0.3, -0.25) is 0 Å². The second kappa shape index (κ2) is 5.18. The van der Waals surface area contributed by atoms with Crippen LogP contribution in [0.4, 0.5) is 0 Å². The van der Waals surface area contributed by atoms with Crippen LogP contribution < -0.4 is 0 Å². The molecule has 0 amide bonds. The maximum Gasteiger partial charge on any atom is 0.00646 e. The van der Waals surface area contributed by atoms with Crippen molar-refractivity contribution in [1.82, 2.24) is 0 Å². The van der Waals surface area contributed by atoms with Crippen LogP contribution in [-0.2, 0) is 0 Å². The van der Waals surface area contributed by atoms with E-state index in [1.165, 1.54) is 19.3 Å². The molecule has 0 aliphatic heterocycles. The lowest BCUT2D eigenvalue weighted by Gasteiger charge is -2.29. The number of rotatable bonds is 4. The van der Waals surface area contributed by atoms with Gasteiger partial charge in [0.1, 0.15) is 0 Å². The van der Waals surface area contributed by atoms with E-state index in [-0.39, 0.29) is 0 Å². The summed E-state index contributed by atoms with van der Waals surface area (Å²) in [6.07, 6.45) is 4.05. The Balaban J connectivity index is 3.76. The molecule has 0 rings (SSSR count). The van der Waals surface area contributed by atoms with Gasteiger partial charge in [-0.15, -0.1) is 0 Å².